The van der Waals surface area contributed by atoms with Crippen LogP contribution in [0.4, 0.5) is 0 Å². The quantitative estimate of drug-likeness (QED) is 0.261. The van der Waals surface area contributed by atoms with Gasteiger partial charge in [0.25, 0.3) is 0 Å². The first-order valence-electron chi connectivity index (χ1n) is 9.72. The summed E-state index contributed by atoms with van der Waals surface area (Å²) >= 11 is 20.0. The van der Waals surface area contributed by atoms with Crippen molar-refractivity contribution in [2.24, 2.45) is 0 Å². The van der Waals surface area contributed by atoms with E-state index in [9.17, 15) is 4.79 Å². The summed E-state index contributed by atoms with van der Waals surface area (Å²) < 4.78 is 3.67. The molecule has 8 nitrogen and oxygen atoms in total. The van der Waals surface area contributed by atoms with E-state index in [1.54, 1.807) is 35.3 Å². The lowest BCUT2D eigenvalue weighted by Crippen LogP contribution is -2.05. The maximum absolute atomic E-state index is 11.7. The first-order chi connectivity index (χ1) is 15.9. The van der Waals surface area contributed by atoms with Gasteiger partial charge < -0.3 is 4.57 Å². The highest BCUT2D eigenvalue weighted by atomic mass is 35.5. The monoisotopic (exact) mass is 517 g/mol. The van der Waals surface area contributed by atoms with Crippen molar-refractivity contribution in [1.82, 2.24) is 34.3 Å². The Hall–Kier alpha value is -2.72. The number of carbonyl (C=O) groups excluding carboxylic acids is 1. The molecule has 5 rings (SSSR count). The number of aldehydes is 1. The van der Waals surface area contributed by atoms with Crippen molar-refractivity contribution in [2.75, 3.05) is 0 Å². The van der Waals surface area contributed by atoms with Crippen LogP contribution in [0.3, 0.4) is 0 Å². The van der Waals surface area contributed by atoms with Crippen LogP contribution in [0.1, 0.15) is 30.2 Å². The number of carbonyl (C=O) groups is 1. The fourth-order valence-electron chi connectivity index (χ4n) is 3.36. The molecule has 4 aromatic heterocycles. The molecule has 33 heavy (non-hydrogen) atoms. The Kier molecular flexibility index (Phi) is 5.74. The Balaban J connectivity index is 1.80. The van der Waals surface area contributed by atoms with E-state index >= 15 is 0 Å². The lowest BCUT2D eigenvalue weighted by Gasteiger charge is -2.13. The van der Waals surface area contributed by atoms with Gasteiger partial charge in [-0.25, -0.2) is 9.97 Å². The fourth-order valence-corrected chi connectivity index (χ4v) is 4.83. The van der Waals surface area contributed by atoms with E-state index in [1.165, 1.54) is 18.0 Å². The molecule has 0 aliphatic rings. The highest BCUT2D eigenvalue weighted by molar-refractivity contribution is 7.99. The molecular formula is C21H14Cl3N7OS. The maximum atomic E-state index is 11.7. The van der Waals surface area contributed by atoms with Crippen molar-refractivity contribution in [3.05, 3.63) is 57.6 Å². The van der Waals surface area contributed by atoms with E-state index < -0.39 is 0 Å². The van der Waals surface area contributed by atoms with E-state index in [4.69, 9.17) is 44.8 Å². The molecular weight excluding hydrogens is 505 g/mol. The van der Waals surface area contributed by atoms with Crippen molar-refractivity contribution in [1.29, 1.82) is 0 Å². The summed E-state index contributed by atoms with van der Waals surface area (Å²) in [5.41, 5.74) is 2.63. The van der Waals surface area contributed by atoms with Gasteiger partial charge >= 0.3 is 0 Å². The molecule has 0 N–H and O–H groups in total. The number of nitrogens with zero attached hydrogens (tertiary/aromatic N) is 7. The number of hydrogen-bond acceptors (Lipinski definition) is 7. The number of rotatable bonds is 5. The number of aromatic nitrogens is 7. The fraction of sp³-hybridized carbons (Fsp3) is 0.143. The number of benzene rings is 1. The van der Waals surface area contributed by atoms with Crippen LogP contribution >= 0.6 is 46.6 Å². The molecule has 0 saturated carbocycles. The van der Waals surface area contributed by atoms with Gasteiger partial charge in [0, 0.05) is 18.4 Å². The minimum atomic E-state index is 0.143. The van der Waals surface area contributed by atoms with Gasteiger partial charge in [-0.1, -0.05) is 34.8 Å². The van der Waals surface area contributed by atoms with Gasteiger partial charge in [0.1, 0.15) is 11.4 Å². The molecule has 0 saturated heterocycles. The Bertz CT molecular complexity index is 1550. The molecule has 0 bridgehead atoms. The molecule has 0 unspecified atom stereocenters. The van der Waals surface area contributed by atoms with E-state index in [2.05, 4.69) is 15.2 Å². The number of hydrogen-bond donors (Lipinski definition) is 0. The molecule has 4 heterocycles. The lowest BCUT2D eigenvalue weighted by atomic mass is 10.3. The van der Waals surface area contributed by atoms with Gasteiger partial charge in [-0.15, -0.1) is 10.2 Å². The van der Waals surface area contributed by atoms with E-state index in [1.807, 2.05) is 18.4 Å². The smallest absolute Gasteiger partial charge is 0.197 e. The molecule has 0 fully saturated rings. The van der Waals surface area contributed by atoms with Crippen LogP contribution < -0.4 is 0 Å². The Morgan fingerprint density at radius 2 is 1.79 bits per heavy atom. The minimum Gasteiger partial charge on any atom is -0.306 e. The van der Waals surface area contributed by atoms with Crippen LogP contribution in [0.25, 0.3) is 27.9 Å². The highest BCUT2D eigenvalue weighted by Gasteiger charge is 2.21. The zero-order chi connectivity index (χ0) is 23.3. The van der Waals surface area contributed by atoms with Crippen LogP contribution in [0.2, 0.25) is 15.1 Å². The maximum Gasteiger partial charge on any atom is 0.197 e. The predicted octanol–water partition coefficient (Wildman–Crippen LogP) is 6.07. The van der Waals surface area contributed by atoms with Crippen LogP contribution in [-0.4, -0.2) is 40.6 Å². The summed E-state index contributed by atoms with van der Waals surface area (Å²) in [4.78, 5) is 25.7. The summed E-state index contributed by atoms with van der Waals surface area (Å²) in [5.74, 6) is 0.464. The second-order valence-electron chi connectivity index (χ2n) is 7.42. The average molecular weight is 519 g/mol. The third kappa shape index (κ3) is 3.95. The van der Waals surface area contributed by atoms with Gasteiger partial charge in [0.05, 0.1) is 42.7 Å². The van der Waals surface area contributed by atoms with Gasteiger partial charge in [-0.05, 0) is 43.8 Å². The Morgan fingerprint density at radius 3 is 2.48 bits per heavy atom. The molecule has 0 aliphatic heterocycles. The average Bonchev–Trinajstić information content (AvgIpc) is 3.39. The van der Waals surface area contributed by atoms with Crippen molar-refractivity contribution >= 4 is 74.9 Å². The van der Waals surface area contributed by atoms with E-state index in [-0.39, 0.29) is 6.04 Å². The van der Waals surface area contributed by atoms with Crippen LogP contribution in [0.15, 0.2) is 47.1 Å². The number of fused-ring (bicyclic) bond motifs is 2. The molecule has 166 valence electrons. The molecule has 0 spiro atoms. The summed E-state index contributed by atoms with van der Waals surface area (Å²) in [6.07, 6.45) is 5.56. The third-order valence-corrected chi connectivity index (χ3v) is 6.80. The second kappa shape index (κ2) is 8.57. The third-order valence-electron chi connectivity index (χ3n) is 4.93. The number of pyridine rings is 1. The van der Waals surface area contributed by atoms with E-state index in [0.29, 0.717) is 58.7 Å². The van der Waals surface area contributed by atoms with Crippen molar-refractivity contribution in [3.63, 3.8) is 0 Å². The minimum absolute atomic E-state index is 0.143. The first kappa shape index (κ1) is 22.1. The van der Waals surface area contributed by atoms with Gasteiger partial charge in [-0.2, -0.15) is 0 Å². The topological polar surface area (TPSA) is 91.4 Å². The largest absolute Gasteiger partial charge is 0.306 e. The highest BCUT2D eigenvalue weighted by Crippen LogP contribution is 2.35. The van der Waals surface area contributed by atoms with Crippen molar-refractivity contribution in [2.45, 2.75) is 30.1 Å². The standard InChI is InChI=1S/C21H14Cl3N7OS/c1-10(2)31-9-26-29-21(31)33-20-19(27-15-4-13(23)14(24)5-16(15)28-20)30-7-11(8-32)18-17(30)3-12(22)6-25-18/h3-10H,1-2H3. The summed E-state index contributed by atoms with van der Waals surface area (Å²) in [6.45, 7) is 4.07. The van der Waals surface area contributed by atoms with Crippen LogP contribution in [0.5, 0.6) is 0 Å². The summed E-state index contributed by atoms with van der Waals surface area (Å²) in [5, 5.41) is 10.6. The zero-order valence-corrected chi connectivity index (χ0v) is 20.3. The molecule has 0 amide bonds. The first-order valence-corrected chi connectivity index (χ1v) is 11.7. The summed E-state index contributed by atoms with van der Waals surface area (Å²) in [6, 6.07) is 5.18. The van der Waals surface area contributed by atoms with Crippen molar-refractivity contribution < 1.29 is 4.79 Å². The van der Waals surface area contributed by atoms with Crippen LogP contribution in [-0.2, 0) is 0 Å². The van der Waals surface area contributed by atoms with Gasteiger partial charge in [0.15, 0.2) is 17.3 Å². The van der Waals surface area contributed by atoms with Crippen molar-refractivity contribution in [3.8, 4) is 5.82 Å². The second-order valence-corrected chi connectivity index (χ2v) is 9.62. The van der Waals surface area contributed by atoms with Crippen LogP contribution in [0, 0.1) is 0 Å². The van der Waals surface area contributed by atoms with E-state index in [0.717, 1.165) is 6.29 Å². The molecule has 1 aromatic carbocycles. The Morgan fingerprint density at radius 1 is 1.06 bits per heavy atom. The normalized spacial score (nSPS) is 11.7. The predicted molar refractivity (Wildman–Crippen MR) is 129 cm³/mol. The SMILES string of the molecule is CC(C)n1cnnc1Sc1nc2cc(Cl)c(Cl)cc2nc1-n1cc(C=O)c2ncc(Cl)cc21. The number of halogens is 3. The van der Waals surface area contributed by atoms with Gasteiger partial charge in [-0.3, -0.25) is 14.3 Å². The summed E-state index contributed by atoms with van der Waals surface area (Å²) in [7, 11) is 0. The Labute approximate surface area is 206 Å². The molecule has 5 aromatic rings. The molecule has 0 radical (unpaired) electrons. The molecule has 0 aliphatic carbocycles. The lowest BCUT2D eigenvalue weighted by molar-refractivity contribution is 0.112. The van der Waals surface area contributed by atoms with Gasteiger partial charge in [0.2, 0.25) is 0 Å². The molecule has 0 atom stereocenters. The zero-order valence-electron chi connectivity index (χ0n) is 17.2. The molecule has 12 heteroatoms.